The Morgan fingerprint density at radius 2 is 2.04 bits per heavy atom. The van der Waals surface area contributed by atoms with Gasteiger partial charge in [0.1, 0.15) is 17.7 Å². The van der Waals surface area contributed by atoms with Gasteiger partial charge in [0, 0.05) is 52.4 Å². The van der Waals surface area contributed by atoms with Crippen LogP contribution in [0.1, 0.15) is 18.7 Å². The van der Waals surface area contributed by atoms with Crippen molar-refractivity contribution in [3.05, 3.63) is 48.5 Å². The molecule has 0 unspecified atom stereocenters. The van der Waals surface area contributed by atoms with Crippen LogP contribution in [0.5, 0.6) is 5.75 Å². The maximum absolute atomic E-state index is 6.05. The van der Waals surface area contributed by atoms with E-state index in [9.17, 15) is 0 Å². The van der Waals surface area contributed by atoms with E-state index in [4.69, 9.17) is 4.74 Å². The molecule has 1 aliphatic rings. The van der Waals surface area contributed by atoms with Crippen molar-refractivity contribution in [2.45, 2.75) is 25.5 Å². The summed E-state index contributed by atoms with van der Waals surface area (Å²) in [7, 11) is 3.83. The van der Waals surface area contributed by atoms with Crippen LogP contribution in [0.25, 0.3) is 0 Å². The van der Waals surface area contributed by atoms with Gasteiger partial charge in [-0.2, -0.15) is 0 Å². The maximum atomic E-state index is 6.05. The van der Waals surface area contributed by atoms with E-state index in [1.807, 2.05) is 61.4 Å². The van der Waals surface area contributed by atoms with Gasteiger partial charge in [-0.1, -0.05) is 18.2 Å². The quantitative estimate of drug-likeness (QED) is 0.690. The second-order valence-corrected chi connectivity index (χ2v) is 5.97. The Morgan fingerprint density at radius 1 is 1.29 bits per heavy atom. The summed E-state index contributed by atoms with van der Waals surface area (Å²) in [6, 6.07) is 10.0. The number of hydrogen-bond acceptors (Lipinski definition) is 3. The van der Waals surface area contributed by atoms with Crippen LogP contribution in [0.4, 0.5) is 0 Å². The number of rotatable bonds is 4. The number of nitrogens with one attached hydrogen (secondary N) is 1. The molecule has 0 atom stereocenters. The fourth-order valence-corrected chi connectivity index (χ4v) is 2.93. The Bertz CT molecular complexity index is 659. The highest BCUT2D eigenvalue weighted by Gasteiger charge is 2.22. The molecule has 6 nitrogen and oxygen atoms in total. The van der Waals surface area contributed by atoms with Gasteiger partial charge in [-0.15, -0.1) is 0 Å². The molecule has 0 saturated carbocycles. The number of imidazole rings is 1. The molecule has 0 aliphatic carbocycles. The number of aromatic nitrogens is 2. The summed E-state index contributed by atoms with van der Waals surface area (Å²) >= 11 is 0. The molecule has 24 heavy (non-hydrogen) atoms. The number of aliphatic imine (C=N–C) groups is 1. The van der Waals surface area contributed by atoms with E-state index in [0.717, 1.165) is 43.5 Å². The van der Waals surface area contributed by atoms with Crippen LogP contribution in [0.2, 0.25) is 0 Å². The predicted octanol–water partition coefficient (Wildman–Crippen LogP) is 2.04. The van der Waals surface area contributed by atoms with Crippen molar-refractivity contribution in [2.24, 2.45) is 12.0 Å². The molecule has 2 aromatic rings. The number of benzene rings is 1. The van der Waals surface area contributed by atoms with Gasteiger partial charge in [0.15, 0.2) is 5.96 Å². The van der Waals surface area contributed by atoms with Gasteiger partial charge in [0.2, 0.25) is 0 Å². The monoisotopic (exact) mass is 327 g/mol. The van der Waals surface area contributed by atoms with Crippen LogP contribution in [0, 0.1) is 0 Å². The third-order valence-corrected chi connectivity index (χ3v) is 4.32. The van der Waals surface area contributed by atoms with Gasteiger partial charge >= 0.3 is 0 Å². The van der Waals surface area contributed by atoms with Gasteiger partial charge in [0.25, 0.3) is 0 Å². The smallest absolute Gasteiger partial charge is 0.194 e. The number of aryl methyl sites for hydroxylation is 1. The number of hydrogen-bond donors (Lipinski definition) is 1. The van der Waals surface area contributed by atoms with Crippen LogP contribution in [-0.4, -0.2) is 46.7 Å². The number of piperidine rings is 1. The van der Waals surface area contributed by atoms with Crippen LogP contribution >= 0.6 is 0 Å². The van der Waals surface area contributed by atoms with E-state index in [0.29, 0.717) is 6.54 Å². The summed E-state index contributed by atoms with van der Waals surface area (Å²) in [5.41, 5.74) is 0. The molecule has 1 fully saturated rings. The van der Waals surface area contributed by atoms with Gasteiger partial charge < -0.3 is 19.5 Å². The molecule has 0 bridgehead atoms. The van der Waals surface area contributed by atoms with Gasteiger partial charge in [-0.25, -0.2) is 4.98 Å². The molecule has 0 radical (unpaired) electrons. The van der Waals surface area contributed by atoms with E-state index in [-0.39, 0.29) is 6.10 Å². The Kier molecular flexibility index (Phi) is 5.36. The van der Waals surface area contributed by atoms with E-state index >= 15 is 0 Å². The van der Waals surface area contributed by atoms with Crippen LogP contribution < -0.4 is 10.1 Å². The molecule has 2 heterocycles. The molecule has 1 saturated heterocycles. The first kappa shape index (κ1) is 16.4. The second-order valence-electron chi connectivity index (χ2n) is 5.97. The Morgan fingerprint density at radius 3 is 2.67 bits per heavy atom. The fourth-order valence-electron chi connectivity index (χ4n) is 2.93. The number of likely N-dealkylation sites (tertiary alicyclic amines) is 1. The standard InChI is InChI=1S/C18H25N5O/c1-19-18(21-14-17-20-10-13-22(17)2)23-11-8-16(9-12-23)24-15-6-4-3-5-7-15/h3-7,10,13,16H,8-9,11-12,14H2,1-2H3,(H,19,21). The first-order valence-corrected chi connectivity index (χ1v) is 8.40. The van der Waals surface area contributed by atoms with Crippen molar-refractivity contribution in [3.63, 3.8) is 0 Å². The van der Waals surface area contributed by atoms with Crippen molar-refractivity contribution in [1.82, 2.24) is 19.8 Å². The highest BCUT2D eigenvalue weighted by molar-refractivity contribution is 5.79. The largest absolute Gasteiger partial charge is 0.490 e. The SMILES string of the molecule is CN=C(NCc1nccn1C)N1CCC(Oc2ccccc2)CC1. The molecule has 1 aromatic heterocycles. The molecule has 6 heteroatoms. The molecular formula is C18H25N5O. The second kappa shape index (κ2) is 7.86. The molecule has 0 spiro atoms. The number of guanidine groups is 1. The first-order valence-electron chi connectivity index (χ1n) is 8.40. The van der Waals surface area contributed by atoms with Gasteiger partial charge in [0.05, 0.1) is 6.54 Å². The Balaban J connectivity index is 1.48. The third kappa shape index (κ3) is 4.07. The van der Waals surface area contributed by atoms with Crippen molar-refractivity contribution in [1.29, 1.82) is 0 Å². The normalized spacial score (nSPS) is 16.2. The highest BCUT2D eigenvalue weighted by Crippen LogP contribution is 2.18. The molecule has 3 rings (SSSR count). The molecule has 1 aromatic carbocycles. The first-order chi connectivity index (χ1) is 11.8. The van der Waals surface area contributed by atoms with Gasteiger partial charge in [-0.3, -0.25) is 4.99 Å². The molecule has 128 valence electrons. The lowest BCUT2D eigenvalue weighted by atomic mass is 10.1. The summed E-state index contributed by atoms with van der Waals surface area (Å²) in [5.74, 6) is 2.88. The summed E-state index contributed by atoms with van der Waals surface area (Å²) < 4.78 is 8.07. The maximum Gasteiger partial charge on any atom is 0.194 e. The zero-order chi connectivity index (χ0) is 16.8. The number of ether oxygens (including phenoxy) is 1. The fraction of sp³-hybridized carbons (Fsp3) is 0.444. The Labute approximate surface area is 143 Å². The van der Waals surface area contributed by atoms with E-state index in [1.165, 1.54) is 0 Å². The van der Waals surface area contributed by atoms with Crippen molar-refractivity contribution >= 4 is 5.96 Å². The van der Waals surface area contributed by atoms with Crippen molar-refractivity contribution < 1.29 is 4.74 Å². The van der Waals surface area contributed by atoms with Crippen molar-refractivity contribution in [3.8, 4) is 5.75 Å². The topological polar surface area (TPSA) is 54.7 Å². The molecular weight excluding hydrogens is 302 g/mol. The molecule has 1 N–H and O–H groups in total. The third-order valence-electron chi connectivity index (χ3n) is 4.32. The van der Waals surface area contributed by atoms with Crippen LogP contribution in [0.15, 0.2) is 47.7 Å². The lowest BCUT2D eigenvalue weighted by molar-refractivity contribution is 0.129. The van der Waals surface area contributed by atoms with Crippen molar-refractivity contribution in [2.75, 3.05) is 20.1 Å². The number of nitrogens with zero attached hydrogens (tertiary/aromatic N) is 4. The highest BCUT2D eigenvalue weighted by atomic mass is 16.5. The van der Waals surface area contributed by atoms with Crippen LogP contribution in [0.3, 0.4) is 0 Å². The minimum Gasteiger partial charge on any atom is -0.490 e. The summed E-state index contributed by atoms with van der Waals surface area (Å²) in [4.78, 5) is 11.0. The Hall–Kier alpha value is -2.50. The van der Waals surface area contributed by atoms with E-state index < -0.39 is 0 Å². The predicted molar refractivity (Wildman–Crippen MR) is 95.1 cm³/mol. The summed E-state index contributed by atoms with van der Waals surface area (Å²) in [6.07, 6.45) is 6.03. The van der Waals surface area contributed by atoms with Gasteiger partial charge in [-0.05, 0) is 12.1 Å². The minimum atomic E-state index is 0.274. The zero-order valence-electron chi connectivity index (χ0n) is 14.4. The van der Waals surface area contributed by atoms with E-state index in [2.05, 4.69) is 20.2 Å². The lowest BCUT2D eigenvalue weighted by Crippen LogP contribution is -2.47. The average molecular weight is 327 g/mol. The minimum absolute atomic E-state index is 0.274. The average Bonchev–Trinajstić information content (AvgIpc) is 3.03. The zero-order valence-corrected chi connectivity index (χ0v) is 14.4. The van der Waals surface area contributed by atoms with Crippen LogP contribution in [-0.2, 0) is 13.6 Å². The number of para-hydroxylation sites is 1. The summed E-state index contributed by atoms with van der Waals surface area (Å²) in [5, 5.41) is 3.40. The summed E-state index contributed by atoms with van der Waals surface area (Å²) in [6.45, 7) is 2.56. The lowest BCUT2D eigenvalue weighted by Gasteiger charge is -2.34. The molecule has 0 amide bonds. The molecule has 1 aliphatic heterocycles. The van der Waals surface area contributed by atoms with E-state index in [1.54, 1.807) is 0 Å².